The Balaban J connectivity index is 2.01. The lowest BCUT2D eigenvalue weighted by Gasteiger charge is -2.20. The number of hydrogen-bond donors (Lipinski definition) is 2. The summed E-state index contributed by atoms with van der Waals surface area (Å²) in [6.07, 6.45) is 0.543. The van der Waals surface area contributed by atoms with E-state index in [0.29, 0.717) is 5.75 Å². The molecule has 7 nitrogen and oxygen atoms in total. The molecule has 1 amide bonds. The number of aromatic amines is 1. The summed E-state index contributed by atoms with van der Waals surface area (Å²) in [5.41, 5.74) is 1.31. The van der Waals surface area contributed by atoms with Crippen molar-refractivity contribution in [3.05, 3.63) is 41.9 Å². The van der Waals surface area contributed by atoms with Crippen molar-refractivity contribution in [3.8, 4) is 5.75 Å². The second kappa shape index (κ2) is 7.38. The maximum atomic E-state index is 12.3. The molecule has 1 atom stereocenters. The molecule has 0 fully saturated rings. The van der Waals surface area contributed by atoms with Gasteiger partial charge in [-0.05, 0) is 30.0 Å². The molecule has 25 heavy (non-hydrogen) atoms. The van der Waals surface area contributed by atoms with Crippen LogP contribution in [0.4, 0.5) is 5.82 Å². The summed E-state index contributed by atoms with van der Waals surface area (Å²) < 4.78 is 10.3. The van der Waals surface area contributed by atoms with Gasteiger partial charge in [0.25, 0.3) is 5.91 Å². The molecule has 0 spiro atoms. The number of hydrogen-bond acceptors (Lipinski definition) is 5. The Labute approximate surface area is 146 Å². The lowest BCUT2D eigenvalue weighted by Crippen LogP contribution is -2.31. The number of carbonyl (C=O) groups is 2. The molecule has 1 aromatic carbocycles. The lowest BCUT2D eigenvalue weighted by molar-refractivity contribution is -0.122. The first-order valence-corrected chi connectivity index (χ1v) is 7.92. The first kappa shape index (κ1) is 18.5. The number of nitrogens with one attached hydrogen (secondary N) is 2. The van der Waals surface area contributed by atoms with Crippen LogP contribution in [0, 0.1) is 0 Å². The van der Waals surface area contributed by atoms with Crippen LogP contribution in [-0.2, 0) is 14.9 Å². The highest BCUT2D eigenvalue weighted by Gasteiger charge is 2.21. The molecular formula is C18H23N3O4. The van der Waals surface area contributed by atoms with Crippen molar-refractivity contribution in [2.24, 2.45) is 0 Å². The van der Waals surface area contributed by atoms with E-state index in [9.17, 15) is 9.59 Å². The number of benzene rings is 1. The van der Waals surface area contributed by atoms with Crippen molar-refractivity contribution >= 4 is 17.7 Å². The molecular weight excluding hydrogens is 322 g/mol. The summed E-state index contributed by atoms with van der Waals surface area (Å²) in [5, 5.41) is 2.55. The van der Waals surface area contributed by atoms with Gasteiger partial charge in [-0.1, -0.05) is 32.9 Å². The fourth-order valence-corrected chi connectivity index (χ4v) is 2.16. The van der Waals surface area contributed by atoms with Gasteiger partial charge in [-0.25, -0.2) is 9.78 Å². The van der Waals surface area contributed by atoms with Gasteiger partial charge in [-0.3, -0.25) is 4.79 Å². The number of amides is 1. The molecule has 0 saturated carbocycles. The van der Waals surface area contributed by atoms with Gasteiger partial charge >= 0.3 is 5.97 Å². The predicted molar refractivity (Wildman–Crippen MR) is 93.8 cm³/mol. The largest absolute Gasteiger partial charge is 0.481 e. The van der Waals surface area contributed by atoms with Crippen LogP contribution in [0.25, 0.3) is 0 Å². The highest BCUT2D eigenvalue weighted by molar-refractivity contribution is 6.00. The molecule has 2 aromatic rings. The van der Waals surface area contributed by atoms with Crippen LogP contribution >= 0.6 is 0 Å². The minimum atomic E-state index is -0.761. The van der Waals surface area contributed by atoms with Crippen molar-refractivity contribution in [2.75, 3.05) is 12.4 Å². The van der Waals surface area contributed by atoms with Crippen LogP contribution in [-0.4, -0.2) is 35.1 Å². The number of imidazole rings is 1. The molecule has 134 valence electrons. The summed E-state index contributed by atoms with van der Waals surface area (Å²) in [6.45, 7) is 8.00. The molecule has 0 radical (unpaired) electrons. The van der Waals surface area contributed by atoms with Gasteiger partial charge in [0, 0.05) is 0 Å². The van der Waals surface area contributed by atoms with E-state index < -0.39 is 18.0 Å². The zero-order valence-corrected chi connectivity index (χ0v) is 15.0. The van der Waals surface area contributed by atoms with Crippen molar-refractivity contribution in [2.45, 2.75) is 39.2 Å². The normalized spacial score (nSPS) is 12.4. The van der Waals surface area contributed by atoms with E-state index >= 15 is 0 Å². The second-order valence-electron chi connectivity index (χ2n) is 6.64. The number of methoxy groups -OCH3 is 1. The summed E-state index contributed by atoms with van der Waals surface area (Å²) in [4.78, 5) is 30.4. The summed E-state index contributed by atoms with van der Waals surface area (Å²) in [6, 6.07) is 7.61. The van der Waals surface area contributed by atoms with Crippen LogP contribution in [0.3, 0.4) is 0 Å². The third kappa shape index (κ3) is 4.59. The first-order chi connectivity index (χ1) is 11.7. The average Bonchev–Trinajstić information content (AvgIpc) is 3.01. The molecule has 2 rings (SSSR count). The molecule has 1 heterocycles. The number of H-pyrrole nitrogens is 1. The SMILES string of the molecule is COC(=O)c1[nH]cnc1NC(=O)[C@@H](C)Oc1ccc(C(C)(C)C)cc1. The third-order valence-corrected chi connectivity index (χ3v) is 3.67. The molecule has 7 heteroatoms. The fourth-order valence-electron chi connectivity index (χ4n) is 2.16. The van der Waals surface area contributed by atoms with E-state index in [2.05, 4.69) is 40.8 Å². The van der Waals surface area contributed by atoms with Crippen molar-refractivity contribution in [1.82, 2.24) is 9.97 Å². The average molecular weight is 345 g/mol. The van der Waals surface area contributed by atoms with Gasteiger partial charge in [0.15, 0.2) is 17.6 Å². The summed E-state index contributed by atoms with van der Waals surface area (Å²) in [7, 11) is 1.25. The predicted octanol–water partition coefficient (Wildman–Crippen LogP) is 2.90. The minimum absolute atomic E-state index is 0.0474. The van der Waals surface area contributed by atoms with Crippen LogP contribution in [0.2, 0.25) is 0 Å². The van der Waals surface area contributed by atoms with E-state index in [1.807, 2.05) is 24.3 Å². The number of nitrogens with zero attached hydrogens (tertiary/aromatic N) is 1. The number of anilines is 1. The highest BCUT2D eigenvalue weighted by Crippen LogP contribution is 2.24. The highest BCUT2D eigenvalue weighted by atomic mass is 16.5. The van der Waals surface area contributed by atoms with E-state index in [0.717, 1.165) is 0 Å². The second-order valence-corrected chi connectivity index (χ2v) is 6.64. The zero-order valence-electron chi connectivity index (χ0n) is 15.0. The molecule has 0 aliphatic rings. The number of carbonyl (C=O) groups excluding carboxylic acids is 2. The number of rotatable bonds is 5. The molecule has 0 bridgehead atoms. The van der Waals surface area contributed by atoms with Crippen LogP contribution in [0.5, 0.6) is 5.75 Å². The molecule has 0 saturated heterocycles. The maximum absolute atomic E-state index is 12.3. The quantitative estimate of drug-likeness (QED) is 0.813. The van der Waals surface area contributed by atoms with Crippen LogP contribution in [0.1, 0.15) is 43.7 Å². The Morgan fingerprint density at radius 2 is 1.84 bits per heavy atom. The topological polar surface area (TPSA) is 93.3 Å². The first-order valence-electron chi connectivity index (χ1n) is 7.92. The van der Waals surface area contributed by atoms with E-state index in [4.69, 9.17) is 4.74 Å². The van der Waals surface area contributed by atoms with Gasteiger partial charge in [0.1, 0.15) is 5.75 Å². The molecule has 2 N–H and O–H groups in total. The van der Waals surface area contributed by atoms with Gasteiger partial charge in [0.2, 0.25) is 0 Å². The van der Waals surface area contributed by atoms with E-state index in [1.54, 1.807) is 6.92 Å². The van der Waals surface area contributed by atoms with Gasteiger partial charge in [0.05, 0.1) is 13.4 Å². The van der Waals surface area contributed by atoms with Gasteiger partial charge in [-0.2, -0.15) is 0 Å². The lowest BCUT2D eigenvalue weighted by atomic mass is 9.87. The maximum Gasteiger partial charge on any atom is 0.358 e. The number of ether oxygens (including phenoxy) is 2. The zero-order chi connectivity index (χ0) is 18.6. The fraction of sp³-hybridized carbons (Fsp3) is 0.389. The molecule has 0 unspecified atom stereocenters. The minimum Gasteiger partial charge on any atom is -0.481 e. The standard InChI is InChI=1S/C18H23N3O4/c1-11(25-13-8-6-12(7-9-13)18(2,3)4)16(22)21-15-14(17(23)24-5)19-10-20-15/h6-11H,1-5H3,(H,19,20)(H,21,22)/t11-/m1/s1. The molecule has 1 aromatic heterocycles. The molecule has 0 aliphatic carbocycles. The van der Waals surface area contributed by atoms with Crippen molar-refractivity contribution in [1.29, 1.82) is 0 Å². The Morgan fingerprint density at radius 3 is 2.40 bits per heavy atom. The number of esters is 1. The van der Waals surface area contributed by atoms with E-state index in [1.165, 1.54) is 19.0 Å². The van der Waals surface area contributed by atoms with Crippen LogP contribution < -0.4 is 10.1 Å². The van der Waals surface area contributed by atoms with Crippen molar-refractivity contribution in [3.63, 3.8) is 0 Å². The van der Waals surface area contributed by atoms with Gasteiger partial charge in [-0.15, -0.1) is 0 Å². The Kier molecular flexibility index (Phi) is 5.46. The third-order valence-electron chi connectivity index (χ3n) is 3.67. The van der Waals surface area contributed by atoms with E-state index in [-0.39, 0.29) is 16.9 Å². The summed E-state index contributed by atoms with van der Waals surface area (Å²) in [5.74, 6) is -0.336. The molecule has 0 aliphatic heterocycles. The Bertz CT molecular complexity index is 744. The number of aromatic nitrogens is 2. The Hall–Kier alpha value is -2.83. The Morgan fingerprint density at radius 1 is 1.20 bits per heavy atom. The summed E-state index contributed by atoms with van der Waals surface area (Å²) >= 11 is 0. The van der Waals surface area contributed by atoms with Crippen LogP contribution in [0.15, 0.2) is 30.6 Å². The monoisotopic (exact) mass is 345 g/mol. The van der Waals surface area contributed by atoms with Gasteiger partial charge < -0.3 is 19.8 Å². The van der Waals surface area contributed by atoms with Crippen molar-refractivity contribution < 1.29 is 19.1 Å². The smallest absolute Gasteiger partial charge is 0.358 e.